The summed E-state index contributed by atoms with van der Waals surface area (Å²) in [6.45, 7) is 2.21. The van der Waals surface area contributed by atoms with Gasteiger partial charge in [0.05, 0.1) is 18.8 Å². The van der Waals surface area contributed by atoms with Gasteiger partial charge in [-0.25, -0.2) is 0 Å². The molecule has 0 aliphatic heterocycles. The Morgan fingerprint density at radius 3 is 2.22 bits per heavy atom. The van der Waals surface area contributed by atoms with E-state index in [2.05, 4.69) is 0 Å². The van der Waals surface area contributed by atoms with Gasteiger partial charge in [0, 0.05) is 26.4 Å². The Kier molecular flexibility index (Phi) is 5.57. The van der Waals surface area contributed by atoms with Crippen LogP contribution in [0.2, 0.25) is 0 Å². The van der Waals surface area contributed by atoms with Crippen molar-refractivity contribution in [1.29, 1.82) is 0 Å². The van der Waals surface area contributed by atoms with E-state index in [9.17, 15) is 14.0 Å². The summed E-state index contributed by atoms with van der Waals surface area (Å²) in [5, 5.41) is 0. The lowest BCUT2D eigenvalue weighted by atomic mass is 10.1. The lowest BCUT2D eigenvalue weighted by Gasteiger charge is -2.25. The van der Waals surface area contributed by atoms with Crippen LogP contribution < -0.4 is 0 Å². The van der Waals surface area contributed by atoms with Gasteiger partial charge in [0.25, 0.3) is 0 Å². The Balaban J connectivity index is 2.66. The lowest BCUT2D eigenvalue weighted by molar-refractivity contribution is -0.00552. The zero-order valence-electron chi connectivity index (χ0n) is 10.7. The fraction of sp³-hybridized carbons (Fsp3) is 1.00. The van der Waals surface area contributed by atoms with Gasteiger partial charge in [-0.05, 0) is 12.8 Å². The predicted molar refractivity (Wildman–Crippen MR) is 65.8 cm³/mol. The molecule has 1 saturated carbocycles. The third-order valence-electron chi connectivity index (χ3n) is 2.80. The van der Waals surface area contributed by atoms with Gasteiger partial charge in [0.2, 0.25) is 0 Å². The third-order valence-corrected chi connectivity index (χ3v) is 4.06. The Bertz CT molecular complexity index is 360. The quantitative estimate of drug-likeness (QED) is 0.716. The molecule has 18 heavy (non-hydrogen) atoms. The van der Waals surface area contributed by atoms with Crippen molar-refractivity contribution < 1.29 is 32.7 Å². The normalized spacial score (nSPS) is 35.1. The highest BCUT2D eigenvalue weighted by Crippen LogP contribution is 2.46. The van der Waals surface area contributed by atoms with Crippen LogP contribution in [0.25, 0.3) is 0 Å². The molecule has 108 valence electrons. The van der Waals surface area contributed by atoms with E-state index in [1.54, 1.807) is 0 Å². The van der Waals surface area contributed by atoms with Crippen LogP contribution in [-0.4, -0.2) is 49.0 Å². The summed E-state index contributed by atoms with van der Waals surface area (Å²) in [4.78, 5) is 18.3. The summed E-state index contributed by atoms with van der Waals surface area (Å²) in [5.74, 6) is -0.226. The van der Waals surface area contributed by atoms with Gasteiger partial charge < -0.3 is 23.6 Å². The minimum atomic E-state index is -3.63. The van der Waals surface area contributed by atoms with Crippen molar-refractivity contribution in [2.45, 2.75) is 25.0 Å². The largest absolute Gasteiger partial charge is 0.379 e. The Hall–Kier alpha value is 0.260. The average molecular weight is 302 g/mol. The number of rotatable bonds is 6. The van der Waals surface area contributed by atoms with Crippen molar-refractivity contribution in [3.8, 4) is 0 Å². The highest BCUT2D eigenvalue weighted by molar-refractivity contribution is 7.52. The van der Waals surface area contributed by atoms with Gasteiger partial charge in [-0.15, -0.1) is 0 Å². The summed E-state index contributed by atoms with van der Waals surface area (Å²) in [5.41, 5.74) is 0. The monoisotopic (exact) mass is 302 g/mol. The van der Waals surface area contributed by atoms with Crippen LogP contribution in [0, 0.1) is 5.92 Å². The van der Waals surface area contributed by atoms with E-state index in [0.717, 1.165) is 13.3 Å². The zero-order chi connectivity index (χ0) is 14.0. The van der Waals surface area contributed by atoms with E-state index in [0.29, 0.717) is 12.8 Å². The van der Waals surface area contributed by atoms with Gasteiger partial charge in [0.15, 0.2) is 0 Å². The zero-order valence-corrected chi connectivity index (χ0v) is 12.5. The topological polar surface area (TPSA) is 102 Å². The fourth-order valence-electron chi connectivity index (χ4n) is 2.05. The van der Waals surface area contributed by atoms with E-state index in [1.165, 1.54) is 7.11 Å². The number of hydrogen-bond donors (Lipinski definition) is 2. The molecule has 1 fully saturated rings. The van der Waals surface area contributed by atoms with E-state index >= 15 is 0 Å². The number of hydrogen-bond acceptors (Lipinski definition) is 5. The molecule has 0 aromatic rings. The van der Waals surface area contributed by atoms with E-state index in [1.807, 2.05) is 0 Å². The average Bonchev–Trinajstić information content (AvgIpc) is 2.54. The summed E-state index contributed by atoms with van der Waals surface area (Å²) >= 11 is 0. The number of ether oxygens (including phenoxy) is 1. The molecule has 1 aliphatic rings. The van der Waals surface area contributed by atoms with Gasteiger partial charge in [-0.3, -0.25) is 9.13 Å². The molecule has 5 atom stereocenters. The van der Waals surface area contributed by atoms with Crippen LogP contribution in [0.3, 0.4) is 0 Å². The molecule has 9 heteroatoms. The molecular weight excluding hydrogens is 282 g/mol. The first kappa shape index (κ1) is 16.3. The highest BCUT2D eigenvalue weighted by atomic mass is 31.2. The van der Waals surface area contributed by atoms with Crippen LogP contribution in [0.1, 0.15) is 12.8 Å². The molecule has 0 aromatic carbocycles. The minimum absolute atomic E-state index is 0.00873. The molecule has 0 amide bonds. The Labute approximate surface area is 107 Å². The summed E-state index contributed by atoms with van der Waals surface area (Å²) in [6.07, 6.45) is 0.425. The van der Waals surface area contributed by atoms with Crippen molar-refractivity contribution in [2.24, 2.45) is 5.92 Å². The second kappa shape index (κ2) is 6.14. The van der Waals surface area contributed by atoms with E-state index in [-0.39, 0.29) is 18.6 Å². The summed E-state index contributed by atoms with van der Waals surface area (Å²) in [6, 6.07) is 0. The van der Waals surface area contributed by atoms with Crippen molar-refractivity contribution >= 4 is 15.2 Å². The van der Waals surface area contributed by atoms with Crippen molar-refractivity contribution in [2.75, 3.05) is 27.0 Å². The highest BCUT2D eigenvalue weighted by Gasteiger charge is 2.40. The van der Waals surface area contributed by atoms with Crippen LogP contribution >= 0.6 is 15.2 Å². The van der Waals surface area contributed by atoms with Crippen molar-refractivity contribution in [1.82, 2.24) is 0 Å². The van der Waals surface area contributed by atoms with Gasteiger partial charge >= 0.3 is 15.2 Å². The maximum absolute atomic E-state index is 11.3. The molecule has 3 unspecified atom stereocenters. The van der Waals surface area contributed by atoms with Gasteiger partial charge in [-0.2, -0.15) is 0 Å². The van der Waals surface area contributed by atoms with Gasteiger partial charge in [-0.1, -0.05) is 0 Å². The maximum atomic E-state index is 11.3. The smallest absolute Gasteiger partial charge is 0.325 e. The molecular formula is C9H20O7P2. The molecule has 0 aromatic heterocycles. The van der Waals surface area contributed by atoms with Crippen molar-refractivity contribution in [3.05, 3.63) is 0 Å². The summed E-state index contributed by atoms with van der Waals surface area (Å²) in [7, 11) is -5.69. The second-order valence-corrected chi connectivity index (χ2v) is 8.26. The predicted octanol–water partition coefficient (Wildman–Crippen LogP) is 1.44. The molecule has 1 aliphatic carbocycles. The van der Waals surface area contributed by atoms with Crippen LogP contribution in [0.15, 0.2) is 0 Å². The Morgan fingerprint density at radius 1 is 1.17 bits per heavy atom. The Morgan fingerprint density at radius 2 is 1.78 bits per heavy atom. The number of methoxy groups -OCH3 is 1. The third kappa shape index (κ3) is 5.49. The molecule has 0 saturated heterocycles. The molecule has 0 radical (unpaired) electrons. The SMILES string of the molecule is CO[C@@H]1CC[C@H](COP(C)(=O)O)C1OP(C)(=O)O. The lowest BCUT2D eigenvalue weighted by Crippen LogP contribution is -2.31. The standard InChI is InChI=1S/C9H20O7P2/c1-14-8-5-4-7(6-15-17(2,10)11)9(8)16-18(3,12)13/h7-9H,4-6H2,1-3H3,(H,10,11)(H,12,13)/t7-,8-,9?/m1/s1. The summed E-state index contributed by atoms with van der Waals surface area (Å²) < 4.78 is 37.5. The van der Waals surface area contributed by atoms with Gasteiger partial charge in [0.1, 0.15) is 0 Å². The molecule has 2 N–H and O–H groups in total. The van der Waals surface area contributed by atoms with Crippen LogP contribution in [0.4, 0.5) is 0 Å². The first-order chi connectivity index (χ1) is 8.12. The van der Waals surface area contributed by atoms with E-state index in [4.69, 9.17) is 18.7 Å². The van der Waals surface area contributed by atoms with E-state index < -0.39 is 21.3 Å². The van der Waals surface area contributed by atoms with Crippen LogP contribution in [0.5, 0.6) is 0 Å². The van der Waals surface area contributed by atoms with Crippen molar-refractivity contribution in [3.63, 3.8) is 0 Å². The molecule has 0 heterocycles. The molecule has 7 nitrogen and oxygen atoms in total. The first-order valence-corrected chi connectivity index (χ1v) is 9.63. The van der Waals surface area contributed by atoms with Crippen LogP contribution in [-0.2, 0) is 22.9 Å². The fourth-order valence-corrected chi connectivity index (χ4v) is 3.28. The molecule has 0 spiro atoms. The maximum Gasteiger partial charge on any atom is 0.325 e. The minimum Gasteiger partial charge on any atom is -0.379 e. The molecule has 1 rings (SSSR count). The first-order valence-electron chi connectivity index (χ1n) is 5.58. The second-order valence-electron chi connectivity index (χ2n) is 4.58. The molecule has 0 bridgehead atoms.